The van der Waals surface area contributed by atoms with Gasteiger partial charge in [0.05, 0.1) is 6.63 Å². The fraction of sp³-hybridized carbons (Fsp3) is 0.600. The Bertz CT molecular complexity index is 978. The summed E-state index contributed by atoms with van der Waals surface area (Å²) in [5.74, 6) is 0. The maximum absolute atomic E-state index is 2.75. The first kappa shape index (κ1) is 27.9. The molecular weight excluding hydrogens is 473 g/mol. The highest BCUT2D eigenvalue weighted by Crippen LogP contribution is 2.57. The average Bonchev–Trinajstić information content (AvgIpc) is 2.90. The molecule has 1 aliphatic rings. The summed E-state index contributed by atoms with van der Waals surface area (Å²) in [6, 6.07) is 15.3. The van der Waals surface area contributed by atoms with Crippen molar-refractivity contribution in [3.8, 4) is 11.1 Å². The molecule has 0 bridgehead atoms. The van der Waals surface area contributed by atoms with Gasteiger partial charge in [-0.15, -0.1) is 0 Å². The Morgan fingerprint density at radius 2 is 0.794 bits per heavy atom. The third-order valence-corrected chi connectivity index (χ3v) is 81.7. The van der Waals surface area contributed by atoms with Gasteiger partial charge in [0.25, 0.3) is 0 Å². The second-order valence-electron chi connectivity index (χ2n) is 16.1. The molecule has 2 aromatic rings. The second-order valence-corrected chi connectivity index (χ2v) is 56.9. The van der Waals surface area contributed by atoms with E-state index in [1.807, 2.05) is 0 Å². The monoisotopic (exact) mass is 524 g/mol. The first-order valence-corrected chi connectivity index (χ1v) is 28.9. The van der Waals surface area contributed by atoms with E-state index in [-0.39, 0.29) is 10.8 Å². The molecule has 2 aromatic carbocycles. The van der Waals surface area contributed by atoms with Crippen LogP contribution in [0, 0.1) is 0 Å². The van der Waals surface area contributed by atoms with Crippen molar-refractivity contribution >= 4 is 29.4 Å². The van der Waals surface area contributed by atoms with Crippen LogP contribution in [-0.2, 0) is 10.8 Å². The lowest BCUT2D eigenvalue weighted by molar-refractivity contribution is 0.589. The summed E-state index contributed by atoms with van der Waals surface area (Å²) in [5.41, 5.74) is 10.4. The Labute approximate surface area is 215 Å². The zero-order valence-electron chi connectivity index (χ0n) is 25.0. The van der Waals surface area contributed by atoms with Crippen LogP contribution in [0.4, 0.5) is 0 Å². The van der Waals surface area contributed by atoms with E-state index in [4.69, 9.17) is 0 Å². The Morgan fingerprint density at radius 3 is 1.03 bits per heavy atom. The van der Waals surface area contributed by atoms with Crippen molar-refractivity contribution in [1.82, 2.24) is 0 Å². The first-order chi connectivity index (χ1) is 15.0. The van der Waals surface area contributed by atoms with Crippen LogP contribution in [0.1, 0.15) is 69.3 Å². The van der Waals surface area contributed by atoms with E-state index in [1.165, 1.54) is 11.1 Å². The lowest BCUT2D eigenvalue weighted by atomic mass is 9.83. The maximum Gasteiger partial charge on any atom is 0.0510 e. The molecule has 1 aliphatic carbocycles. The van der Waals surface area contributed by atoms with E-state index in [0.29, 0.717) is 5.54 Å². The van der Waals surface area contributed by atoms with E-state index >= 15 is 0 Å². The molecule has 0 amide bonds. The highest BCUT2D eigenvalue weighted by atomic mass is 29.9. The van der Waals surface area contributed by atoms with E-state index in [9.17, 15) is 0 Å². The van der Waals surface area contributed by atoms with Gasteiger partial charge in [0.2, 0.25) is 0 Å². The van der Waals surface area contributed by atoms with Crippen LogP contribution in [0.25, 0.3) is 11.1 Å². The second kappa shape index (κ2) is 8.16. The van der Waals surface area contributed by atoms with E-state index in [2.05, 4.69) is 137 Å². The molecule has 0 spiro atoms. The fourth-order valence-electron chi connectivity index (χ4n) is 8.32. The Hall–Kier alpha value is -0.692. The van der Waals surface area contributed by atoms with Crippen LogP contribution in [0.5, 0.6) is 0 Å². The van der Waals surface area contributed by atoms with Gasteiger partial charge in [-0.05, 0) is 49.8 Å². The number of rotatable bonds is 4. The van der Waals surface area contributed by atoms with Crippen LogP contribution < -0.4 is 0 Å². The predicted molar refractivity (Wildman–Crippen MR) is 167 cm³/mol. The van der Waals surface area contributed by atoms with Crippen LogP contribution in [-0.4, -0.2) is 29.4 Å². The summed E-state index contributed by atoms with van der Waals surface area (Å²) in [6.07, 6.45) is 0. The summed E-state index contributed by atoms with van der Waals surface area (Å²) in [7, 11) is -4.34. The molecule has 0 nitrogen and oxygen atoms in total. The molecule has 0 aromatic heterocycles. The zero-order chi connectivity index (χ0) is 26.3. The van der Waals surface area contributed by atoms with Crippen LogP contribution in [0.15, 0.2) is 36.4 Å². The van der Waals surface area contributed by atoms with Gasteiger partial charge in [0.1, 0.15) is 0 Å². The Kier molecular flexibility index (Phi) is 6.69. The third kappa shape index (κ3) is 4.24. The topological polar surface area (TPSA) is 0 Å². The molecule has 0 saturated carbocycles. The maximum atomic E-state index is 2.75. The molecule has 3 rings (SSSR count). The SMILES string of the molecule is CC(C)(C)c1ccc2c(c1)-c1cc(C(C)(C)C)ccc1C2[Si]([Si](C)(C)C)([Si](C)(C)C)[Si](C)(C)C. The van der Waals surface area contributed by atoms with Gasteiger partial charge in [-0.3, -0.25) is 0 Å². The molecule has 0 heterocycles. The van der Waals surface area contributed by atoms with Gasteiger partial charge in [-0.25, -0.2) is 0 Å². The minimum atomic E-state index is -1.68. The van der Waals surface area contributed by atoms with Crippen molar-refractivity contribution in [2.45, 2.75) is 117 Å². The highest BCUT2D eigenvalue weighted by Gasteiger charge is 2.66. The molecule has 0 N–H and O–H groups in total. The van der Waals surface area contributed by atoms with Gasteiger partial charge >= 0.3 is 0 Å². The standard InChI is InChI=1S/C30H52Si4/c1-29(2,3)22-16-18-24-26(20-22)27-21-23(30(4,5)6)17-19-25(27)28(24)34(31(7,8)9,32(10,11)12)33(13,14)15/h16-21,28H,1-15H3. The number of hydrogen-bond donors (Lipinski definition) is 0. The van der Waals surface area contributed by atoms with Crippen molar-refractivity contribution in [2.75, 3.05) is 0 Å². The largest absolute Gasteiger partial charge is 0.0718 e. The van der Waals surface area contributed by atoms with Crippen LogP contribution in [0.3, 0.4) is 0 Å². The quantitative estimate of drug-likeness (QED) is 0.349. The molecular formula is C30H52Si4. The summed E-state index contributed by atoms with van der Waals surface area (Å²) >= 11 is 0. The number of fused-ring (bicyclic) bond motifs is 3. The van der Waals surface area contributed by atoms with E-state index in [0.717, 1.165) is 0 Å². The molecule has 188 valence electrons. The van der Waals surface area contributed by atoms with E-state index < -0.39 is 29.4 Å². The summed E-state index contributed by atoms with van der Waals surface area (Å²) in [5, 5.41) is 0. The first-order valence-electron chi connectivity index (χ1n) is 13.3. The van der Waals surface area contributed by atoms with Gasteiger partial charge in [0.15, 0.2) is 0 Å². The molecule has 0 unspecified atom stereocenters. The van der Waals surface area contributed by atoms with Crippen molar-refractivity contribution in [2.24, 2.45) is 0 Å². The van der Waals surface area contributed by atoms with Crippen LogP contribution in [0.2, 0.25) is 58.9 Å². The summed E-state index contributed by atoms with van der Waals surface area (Å²) in [4.78, 5) is 0. The smallest absolute Gasteiger partial charge is 0.0510 e. The lowest BCUT2D eigenvalue weighted by Crippen LogP contribution is -2.85. The van der Waals surface area contributed by atoms with Gasteiger partial charge < -0.3 is 0 Å². The van der Waals surface area contributed by atoms with Crippen LogP contribution >= 0.6 is 0 Å². The predicted octanol–water partition coefficient (Wildman–Crippen LogP) is 9.63. The van der Waals surface area contributed by atoms with Gasteiger partial charge in [0, 0.05) is 22.8 Å². The summed E-state index contributed by atoms with van der Waals surface area (Å²) < 4.78 is 0. The summed E-state index contributed by atoms with van der Waals surface area (Å²) in [6.45, 7) is 37.2. The number of hydrogen-bond acceptors (Lipinski definition) is 0. The zero-order valence-corrected chi connectivity index (χ0v) is 29.0. The lowest BCUT2D eigenvalue weighted by Gasteiger charge is -2.61. The van der Waals surface area contributed by atoms with Crippen molar-refractivity contribution in [3.05, 3.63) is 58.7 Å². The fourth-order valence-corrected chi connectivity index (χ4v) is 111. The number of benzene rings is 2. The molecule has 4 heteroatoms. The Morgan fingerprint density at radius 1 is 0.500 bits per heavy atom. The minimum Gasteiger partial charge on any atom is -0.0718 e. The van der Waals surface area contributed by atoms with Crippen molar-refractivity contribution in [3.63, 3.8) is 0 Å². The Balaban J connectivity index is 2.52. The van der Waals surface area contributed by atoms with Gasteiger partial charge in [-0.1, -0.05) is 137 Å². The van der Waals surface area contributed by atoms with Crippen molar-refractivity contribution in [1.29, 1.82) is 0 Å². The molecule has 0 aliphatic heterocycles. The van der Waals surface area contributed by atoms with E-state index in [1.54, 1.807) is 22.3 Å². The highest BCUT2D eigenvalue weighted by molar-refractivity contribution is 7.89. The average molecular weight is 525 g/mol. The third-order valence-electron chi connectivity index (χ3n) is 8.73. The molecule has 0 fully saturated rings. The molecule has 0 saturated heterocycles. The molecule has 34 heavy (non-hydrogen) atoms. The van der Waals surface area contributed by atoms with Crippen molar-refractivity contribution < 1.29 is 0 Å². The normalized spacial score (nSPS) is 16.0. The van der Waals surface area contributed by atoms with Gasteiger partial charge in [-0.2, -0.15) is 0 Å². The minimum absolute atomic E-state index is 0.166. The molecule has 0 atom stereocenters. The molecule has 0 radical (unpaired) electrons.